The average Bonchev–Trinajstić information content (AvgIpc) is 3.07. The van der Waals surface area contributed by atoms with Gasteiger partial charge in [0.2, 0.25) is 0 Å². The molecule has 3 N–H and O–H groups in total. The summed E-state index contributed by atoms with van der Waals surface area (Å²) in [5, 5.41) is 0. The van der Waals surface area contributed by atoms with Crippen LogP contribution < -0.4 is 5.73 Å². The van der Waals surface area contributed by atoms with Crippen LogP contribution in [0.1, 0.15) is 194 Å². The second-order valence-corrected chi connectivity index (χ2v) is 15.0. The van der Waals surface area contributed by atoms with E-state index in [-0.39, 0.29) is 32.3 Å². The number of rotatable bonds is 39. The molecule has 0 bridgehead atoms. The predicted octanol–water partition coefficient (Wildman–Crippen LogP) is 11.5. The number of hydrogen-bond acceptors (Lipinski definition) is 7. The zero-order chi connectivity index (χ0) is 35.2. The molecule has 0 aromatic carbocycles. The molecule has 286 valence electrons. The quantitative estimate of drug-likeness (QED) is 0.0281. The summed E-state index contributed by atoms with van der Waals surface area (Å²) in [5.74, 6) is -0.336. The highest BCUT2D eigenvalue weighted by Gasteiger charge is 2.25. The maximum atomic E-state index is 12.5. The number of phosphoric ester groups is 1. The topological polar surface area (TPSA) is 117 Å². The third-order valence-corrected chi connectivity index (χ3v) is 9.67. The molecule has 0 fully saturated rings. The second-order valence-electron chi connectivity index (χ2n) is 13.5. The second kappa shape index (κ2) is 37.5. The molecule has 48 heavy (non-hydrogen) atoms. The average molecular weight is 704 g/mol. The maximum absolute atomic E-state index is 12.5. The molecule has 0 spiro atoms. The van der Waals surface area contributed by atoms with Crippen LogP contribution in [0.15, 0.2) is 12.2 Å². The molecule has 0 saturated heterocycles. The van der Waals surface area contributed by atoms with Crippen LogP contribution in [0.4, 0.5) is 0 Å². The fraction of sp³-hybridized carbons (Fsp3) is 0.923. The van der Waals surface area contributed by atoms with Crippen LogP contribution in [0.5, 0.6) is 0 Å². The van der Waals surface area contributed by atoms with Crippen LogP contribution in [0.3, 0.4) is 0 Å². The van der Waals surface area contributed by atoms with Crippen molar-refractivity contribution in [2.75, 3.05) is 33.0 Å². The Labute approximate surface area is 296 Å². The Balaban J connectivity index is 4.05. The summed E-state index contributed by atoms with van der Waals surface area (Å²) in [4.78, 5) is 22.4. The molecule has 0 aliphatic rings. The van der Waals surface area contributed by atoms with Gasteiger partial charge < -0.3 is 20.1 Å². The summed E-state index contributed by atoms with van der Waals surface area (Å²) in [7, 11) is -4.27. The number of allylic oxidation sites excluding steroid dienone is 2. The first-order valence-electron chi connectivity index (χ1n) is 20.2. The SMILES string of the molecule is CCCCCCCCC=CCCCCCCCC(=O)O[C@H](COCCCCCCCCCCCCCCCC)COP(=O)(O)OCCN. The molecule has 0 radical (unpaired) electrons. The minimum absolute atomic E-state index is 0.0939. The molecule has 2 atom stereocenters. The van der Waals surface area contributed by atoms with E-state index in [4.69, 9.17) is 24.3 Å². The minimum Gasteiger partial charge on any atom is -0.457 e. The van der Waals surface area contributed by atoms with Gasteiger partial charge in [0, 0.05) is 19.6 Å². The monoisotopic (exact) mass is 704 g/mol. The van der Waals surface area contributed by atoms with Crippen molar-refractivity contribution in [2.24, 2.45) is 5.73 Å². The Kier molecular flexibility index (Phi) is 36.9. The maximum Gasteiger partial charge on any atom is 0.472 e. The molecule has 0 rings (SSSR count). The van der Waals surface area contributed by atoms with Crippen molar-refractivity contribution in [2.45, 2.75) is 200 Å². The molecule has 1 unspecified atom stereocenters. The molecule has 8 nitrogen and oxygen atoms in total. The van der Waals surface area contributed by atoms with Crippen LogP contribution in [0.2, 0.25) is 0 Å². The van der Waals surface area contributed by atoms with Crippen molar-refractivity contribution in [3.05, 3.63) is 12.2 Å². The first kappa shape index (κ1) is 47.2. The Morgan fingerprint density at radius 1 is 0.604 bits per heavy atom. The van der Waals surface area contributed by atoms with E-state index in [1.807, 2.05) is 0 Å². The summed E-state index contributed by atoms with van der Waals surface area (Å²) < 4.78 is 33.3. The molecule has 0 heterocycles. The summed E-state index contributed by atoms with van der Waals surface area (Å²) in [6.45, 7) is 4.93. The lowest BCUT2D eigenvalue weighted by atomic mass is 10.0. The number of phosphoric acid groups is 1. The normalized spacial score (nSPS) is 13.7. The molecule has 0 aliphatic heterocycles. The van der Waals surface area contributed by atoms with Gasteiger partial charge in [0.25, 0.3) is 0 Å². The van der Waals surface area contributed by atoms with Crippen LogP contribution in [0.25, 0.3) is 0 Å². The highest BCUT2D eigenvalue weighted by Crippen LogP contribution is 2.43. The van der Waals surface area contributed by atoms with Crippen molar-refractivity contribution in [1.29, 1.82) is 0 Å². The van der Waals surface area contributed by atoms with Gasteiger partial charge in [0.1, 0.15) is 6.10 Å². The standard InChI is InChI=1S/C39H78NO7P/c1-3-5-7-9-11-13-15-17-19-20-22-24-26-28-30-32-39(41)47-38(37-46-48(42,43)45-35-33-40)36-44-34-31-29-27-25-23-21-18-16-14-12-10-8-6-4-2/h17,19,38H,3-16,18,20-37,40H2,1-2H3,(H,42,43)/t38-/m1/s1. The van der Waals surface area contributed by atoms with Gasteiger partial charge in [-0.3, -0.25) is 13.8 Å². The molecule has 0 saturated carbocycles. The Morgan fingerprint density at radius 2 is 1.04 bits per heavy atom. The molecular weight excluding hydrogens is 625 g/mol. The highest BCUT2D eigenvalue weighted by molar-refractivity contribution is 7.47. The lowest BCUT2D eigenvalue weighted by Crippen LogP contribution is -2.28. The van der Waals surface area contributed by atoms with Crippen molar-refractivity contribution < 1.29 is 32.8 Å². The summed E-state index contributed by atoms with van der Waals surface area (Å²) >= 11 is 0. The zero-order valence-corrected chi connectivity index (χ0v) is 32.4. The van der Waals surface area contributed by atoms with E-state index in [2.05, 4.69) is 26.0 Å². The lowest BCUT2D eigenvalue weighted by molar-refractivity contribution is -0.154. The highest BCUT2D eigenvalue weighted by atomic mass is 31.2. The first-order chi connectivity index (χ1) is 23.4. The Bertz CT molecular complexity index is 752. The molecular formula is C39H78NO7P. The third-order valence-electron chi connectivity index (χ3n) is 8.68. The van der Waals surface area contributed by atoms with Crippen molar-refractivity contribution in [1.82, 2.24) is 0 Å². The van der Waals surface area contributed by atoms with Gasteiger partial charge >= 0.3 is 13.8 Å². The van der Waals surface area contributed by atoms with Crippen LogP contribution in [-0.2, 0) is 27.9 Å². The van der Waals surface area contributed by atoms with Gasteiger partial charge in [-0.05, 0) is 38.5 Å². The van der Waals surface area contributed by atoms with Crippen LogP contribution in [0, 0.1) is 0 Å². The molecule has 0 amide bonds. The molecule has 0 aromatic rings. The van der Waals surface area contributed by atoms with E-state index >= 15 is 0 Å². The van der Waals surface area contributed by atoms with E-state index in [0.717, 1.165) is 44.9 Å². The summed E-state index contributed by atoms with van der Waals surface area (Å²) in [6, 6.07) is 0. The number of carbonyl (C=O) groups is 1. The minimum atomic E-state index is -4.27. The van der Waals surface area contributed by atoms with Gasteiger partial charge in [-0.1, -0.05) is 161 Å². The Morgan fingerprint density at radius 3 is 1.52 bits per heavy atom. The Hall–Kier alpha value is -0.760. The predicted molar refractivity (Wildman–Crippen MR) is 201 cm³/mol. The molecule has 9 heteroatoms. The third kappa shape index (κ3) is 36.5. The van der Waals surface area contributed by atoms with E-state index in [1.165, 1.54) is 128 Å². The first-order valence-corrected chi connectivity index (χ1v) is 21.7. The van der Waals surface area contributed by atoms with Gasteiger partial charge in [0.05, 0.1) is 19.8 Å². The van der Waals surface area contributed by atoms with E-state index in [9.17, 15) is 14.3 Å². The smallest absolute Gasteiger partial charge is 0.457 e. The number of ether oxygens (including phenoxy) is 2. The zero-order valence-electron chi connectivity index (χ0n) is 31.5. The molecule has 0 aliphatic carbocycles. The fourth-order valence-corrected chi connectivity index (χ4v) is 6.46. The van der Waals surface area contributed by atoms with Crippen LogP contribution >= 0.6 is 7.82 Å². The van der Waals surface area contributed by atoms with Crippen LogP contribution in [-0.4, -0.2) is 49.9 Å². The van der Waals surface area contributed by atoms with E-state index < -0.39 is 13.9 Å². The van der Waals surface area contributed by atoms with Gasteiger partial charge in [-0.15, -0.1) is 0 Å². The summed E-state index contributed by atoms with van der Waals surface area (Å²) in [6.07, 6.45) is 37.9. The fourth-order valence-electron chi connectivity index (χ4n) is 5.70. The van der Waals surface area contributed by atoms with Crippen molar-refractivity contribution in [3.63, 3.8) is 0 Å². The van der Waals surface area contributed by atoms with Gasteiger partial charge in [-0.2, -0.15) is 0 Å². The largest absolute Gasteiger partial charge is 0.472 e. The van der Waals surface area contributed by atoms with E-state index in [1.54, 1.807) is 0 Å². The van der Waals surface area contributed by atoms with Gasteiger partial charge in [-0.25, -0.2) is 4.57 Å². The van der Waals surface area contributed by atoms with E-state index in [0.29, 0.717) is 13.0 Å². The lowest BCUT2D eigenvalue weighted by Gasteiger charge is -2.20. The number of nitrogens with two attached hydrogens (primary N) is 1. The van der Waals surface area contributed by atoms with Gasteiger partial charge in [0.15, 0.2) is 0 Å². The number of esters is 1. The number of carbonyl (C=O) groups excluding carboxylic acids is 1. The van der Waals surface area contributed by atoms with Crippen molar-refractivity contribution >= 4 is 13.8 Å². The number of unbranched alkanes of at least 4 members (excludes halogenated alkanes) is 24. The van der Waals surface area contributed by atoms with Crippen molar-refractivity contribution in [3.8, 4) is 0 Å². The molecule has 0 aromatic heterocycles. The number of hydrogen-bond donors (Lipinski definition) is 2. The summed E-state index contributed by atoms with van der Waals surface area (Å²) in [5.41, 5.74) is 5.36.